The zero-order chi connectivity index (χ0) is 16.3. The van der Waals surface area contributed by atoms with Gasteiger partial charge < -0.3 is 5.73 Å². The van der Waals surface area contributed by atoms with Crippen molar-refractivity contribution in [1.82, 2.24) is 5.32 Å². The molecule has 0 radical (unpaired) electrons. The van der Waals surface area contributed by atoms with Gasteiger partial charge in [0.1, 0.15) is 5.82 Å². The number of alkyl halides is 3. The van der Waals surface area contributed by atoms with E-state index in [9.17, 15) is 17.6 Å². The van der Waals surface area contributed by atoms with Gasteiger partial charge in [-0.2, -0.15) is 13.2 Å². The van der Waals surface area contributed by atoms with Gasteiger partial charge in [-0.15, -0.1) is 0 Å². The number of nitrogens with two attached hydrogens (primary N) is 1. The number of benzene rings is 2. The summed E-state index contributed by atoms with van der Waals surface area (Å²) < 4.78 is 51.2. The Bertz CT molecular complexity index is 658. The molecule has 0 aliphatic carbocycles. The Morgan fingerprint density at radius 3 is 2.50 bits per heavy atom. The largest absolute Gasteiger partial charge is 0.419 e. The van der Waals surface area contributed by atoms with Crippen LogP contribution in [-0.4, -0.2) is 0 Å². The van der Waals surface area contributed by atoms with Crippen molar-refractivity contribution in [2.24, 2.45) is 5.73 Å². The van der Waals surface area contributed by atoms with Crippen molar-refractivity contribution in [2.75, 3.05) is 0 Å². The smallest absolute Gasteiger partial charge is 0.312 e. The summed E-state index contributed by atoms with van der Waals surface area (Å²) in [4.78, 5) is 0. The monoisotopic (exact) mass is 332 g/mol. The van der Waals surface area contributed by atoms with Crippen molar-refractivity contribution in [1.29, 1.82) is 0 Å². The minimum atomic E-state index is -4.76. The molecule has 2 aromatic carbocycles. The lowest BCUT2D eigenvalue weighted by Crippen LogP contribution is -2.28. The molecule has 0 aliphatic heterocycles. The summed E-state index contributed by atoms with van der Waals surface area (Å²) in [7, 11) is 0. The molecule has 0 spiro atoms. The molecular formula is C15H13ClF4N2. The first-order valence-corrected chi connectivity index (χ1v) is 6.75. The van der Waals surface area contributed by atoms with Crippen LogP contribution in [0.1, 0.15) is 22.9 Å². The molecule has 1 unspecified atom stereocenters. The molecule has 1 atom stereocenters. The van der Waals surface area contributed by atoms with Gasteiger partial charge in [0.05, 0.1) is 11.7 Å². The Morgan fingerprint density at radius 1 is 1.14 bits per heavy atom. The molecule has 7 heteroatoms. The third kappa shape index (κ3) is 4.19. The highest BCUT2D eigenvalue weighted by Gasteiger charge is 2.34. The van der Waals surface area contributed by atoms with E-state index in [1.165, 1.54) is 6.07 Å². The Hall–Kier alpha value is -1.63. The maximum atomic E-state index is 13.2. The van der Waals surface area contributed by atoms with E-state index in [-0.39, 0.29) is 5.56 Å². The highest BCUT2D eigenvalue weighted by molar-refractivity contribution is 6.30. The zero-order valence-corrected chi connectivity index (χ0v) is 12.0. The van der Waals surface area contributed by atoms with Crippen LogP contribution in [0.4, 0.5) is 17.6 Å². The van der Waals surface area contributed by atoms with Crippen molar-refractivity contribution in [3.8, 4) is 0 Å². The first-order valence-electron chi connectivity index (χ1n) is 6.37. The highest BCUT2D eigenvalue weighted by atomic mass is 35.5. The molecule has 0 aromatic heterocycles. The standard InChI is InChI=1S/C15H13ClF4N2/c16-11-3-1-2-9(6-11)8-22-14(21)10-4-5-13(17)12(7-10)15(18,19)20/h1-7,14,22H,8,21H2. The lowest BCUT2D eigenvalue weighted by Gasteiger charge is -2.17. The van der Waals surface area contributed by atoms with Crippen LogP contribution in [-0.2, 0) is 12.7 Å². The highest BCUT2D eigenvalue weighted by Crippen LogP contribution is 2.32. The van der Waals surface area contributed by atoms with Crippen LogP contribution in [0.2, 0.25) is 5.02 Å². The number of hydrogen-bond donors (Lipinski definition) is 2. The Labute approximate surface area is 129 Å². The van der Waals surface area contributed by atoms with E-state index in [0.717, 1.165) is 11.6 Å². The Kier molecular flexibility index (Phi) is 5.05. The average molecular weight is 333 g/mol. The number of rotatable bonds is 4. The van der Waals surface area contributed by atoms with Gasteiger partial charge in [0.25, 0.3) is 0 Å². The van der Waals surface area contributed by atoms with Gasteiger partial charge >= 0.3 is 6.18 Å². The van der Waals surface area contributed by atoms with Crippen LogP contribution in [0.15, 0.2) is 42.5 Å². The summed E-state index contributed by atoms with van der Waals surface area (Å²) in [5, 5.41) is 3.42. The molecule has 2 nitrogen and oxygen atoms in total. The third-order valence-corrected chi connectivity index (χ3v) is 3.31. The maximum absolute atomic E-state index is 13.2. The summed E-state index contributed by atoms with van der Waals surface area (Å²) in [6.07, 6.45) is -5.62. The van der Waals surface area contributed by atoms with Crippen molar-refractivity contribution in [3.05, 3.63) is 70.0 Å². The molecule has 0 amide bonds. The summed E-state index contributed by atoms with van der Waals surface area (Å²) in [5.74, 6) is -1.32. The van der Waals surface area contributed by atoms with Crippen LogP contribution in [0.5, 0.6) is 0 Å². The molecule has 0 saturated carbocycles. The van der Waals surface area contributed by atoms with E-state index >= 15 is 0 Å². The lowest BCUT2D eigenvalue weighted by molar-refractivity contribution is -0.140. The van der Waals surface area contributed by atoms with Crippen molar-refractivity contribution in [3.63, 3.8) is 0 Å². The van der Waals surface area contributed by atoms with Crippen LogP contribution in [0.3, 0.4) is 0 Å². The quantitative estimate of drug-likeness (QED) is 0.649. The SMILES string of the molecule is NC(NCc1cccc(Cl)c1)c1ccc(F)c(C(F)(F)F)c1. The van der Waals surface area contributed by atoms with Crippen LogP contribution < -0.4 is 11.1 Å². The summed E-state index contributed by atoms with van der Waals surface area (Å²) in [5.41, 5.74) is 5.46. The second-order valence-electron chi connectivity index (χ2n) is 4.73. The van der Waals surface area contributed by atoms with Crippen molar-refractivity contribution < 1.29 is 17.6 Å². The Morgan fingerprint density at radius 2 is 1.86 bits per heavy atom. The topological polar surface area (TPSA) is 38.0 Å². The molecule has 0 bridgehead atoms. The molecule has 2 aromatic rings. The fraction of sp³-hybridized carbons (Fsp3) is 0.200. The van der Waals surface area contributed by atoms with Gasteiger partial charge in [-0.3, -0.25) is 5.32 Å². The fourth-order valence-corrected chi connectivity index (χ4v) is 2.16. The number of hydrogen-bond acceptors (Lipinski definition) is 2. The van der Waals surface area contributed by atoms with Gasteiger partial charge in [0.2, 0.25) is 0 Å². The van der Waals surface area contributed by atoms with E-state index < -0.39 is 23.7 Å². The van der Waals surface area contributed by atoms with E-state index in [4.69, 9.17) is 17.3 Å². The van der Waals surface area contributed by atoms with E-state index in [2.05, 4.69) is 5.32 Å². The molecule has 0 fully saturated rings. The second kappa shape index (κ2) is 6.64. The first kappa shape index (κ1) is 16.7. The molecule has 0 aliphatic rings. The van der Waals surface area contributed by atoms with Crippen LogP contribution in [0, 0.1) is 5.82 Å². The minimum Gasteiger partial charge on any atom is -0.312 e. The fourth-order valence-electron chi connectivity index (χ4n) is 1.95. The minimum absolute atomic E-state index is 0.149. The van der Waals surface area contributed by atoms with E-state index in [0.29, 0.717) is 17.6 Å². The summed E-state index contributed by atoms with van der Waals surface area (Å²) in [6, 6.07) is 9.68. The van der Waals surface area contributed by atoms with Gasteiger partial charge in [-0.1, -0.05) is 29.8 Å². The summed E-state index contributed by atoms with van der Waals surface area (Å²) >= 11 is 5.84. The van der Waals surface area contributed by atoms with Gasteiger partial charge in [0, 0.05) is 11.6 Å². The number of halogens is 5. The normalized spacial score (nSPS) is 13.2. The van der Waals surface area contributed by atoms with Crippen molar-refractivity contribution in [2.45, 2.75) is 18.9 Å². The second-order valence-corrected chi connectivity index (χ2v) is 5.16. The molecule has 118 valence electrons. The first-order chi connectivity index (χ1) is 10.3. The predicted octanol–water partition coefficient (Wildman–Crippen LogP) is 4.25. The lowest BCUT2D eigenvalue weighted by atomic mass is 10.1. The van der Waals surface area contributed by atoms with Gasteiger partial charge in [0.15, 0.2) is 0 Å². The Balaban J connectivity index is 2.11. The van der Waals surface area contributed by atoms with Crippen LogP contribution >= 0.6 is 11.6 Å². The zero-order valence-electron chi connectivity index (χ0n) is 11.3. The predicted molar refractivity (Wildman–Crippen MR) is 76.6 cm³/mol. The molecule has 3 N–H and O–H groups in total. The number of nitrogens with one attached hydrogen (secondary N) is 1. The van der Waals surface area contributed by atoms with E-state index in [1.807, 2.05) is 0 Å². The van der Waals surface area contributed by atoms with Gasteiger partial charge in [-0.25, -0.2) is 4.39 Å². The molecule has 22 heavy (non-hydrogen) atoms. The summed E-state index contributed by atoms with van der Waals surface area (Å²) in [6.45, 7) is 0.320. The molecule has 0 heterocycles. The maximum Gasteiger partial charge on any atom is 0.419 e. The average Bonchev–Trinajstić information content (AvgIpc) is 2.44. The molecule has 2 rings (SSSR count). The third-order valence-electron chi connectivity index (χ3n) is 3.07. The van der Waals surface area contributed by atoms with Crippen molar-refractivity contribution >= 4 is 11.6 Å². The van der Waals surface area contributed by atoms with E-state index in [1.54, 1.807) is 24.3 Å². The molecule has 0 saturated heterocycles. The van der Waals surface area contributed by atoms with Gasteiger partial charge in [-0.05, 0) is 35.4 Å². The van der Waals surface area contributed by atoms with Crippen LogP contribution in [0.25, 0.3) is 0 Å². The molecular weight excluding hydrogens is 320 g/mol.